The van der Waals surface area contributed by atoms with Crippen LogP contribution in [0.1, 0.15) is 0 Å². The van der Waals surface area contributed by atoms with Gasteiger partial charge in [-0.1, -0.05) is 54.6 Å². The van der Waals surface area contributed by atoms with Crippen molar-refractivity contribution in [2.75, 3.05) is 24.5 Å². The fourth-order valence-corrected chi connectivity index (χ4v) is 24.7. The molecular weight excluding hydrogens is 1430 g/mol. The minimum Gasteiger partial charge on any atom is -0.0602 e. The predicted molar refractivity (Wildman–Crippen MR) is 432 cm³/mol. The maximum absolute atomic E-state index is 7.95. The molecule has 0 saturated carbocycles. The molecule has 3 aromatic heterocycles. The van der Waals surface area contributed by atoms with Crippen molar-refractivity contribution in [1.82, 2.24) is 0 Å². The standard InChI is InChI=1S/C90H55B2N5OSe3/c1-5-26-56(27-6-1)93(57-28-7-2-8-29-57)61-52-80-87-82(53-61)98-81-55-77-70(54-71(81)92(87)68-40-16-18-42-72(68)95(80)59-32-11-4-12-33-59)91-69-41-17-19-43-73(69)96(75-45-24-38-66-63-35-14-21-48-84(63)100-89(66)75)78-50-60(51-79(86(78)91)97(77)76-46-25-39-67-64-36-15-22-49-85(64)101-90(67)76)94(58-30-9-3-10-31-58)74-44-23-37-65-62-34-13-20-47-83(62)99-88(65)74/h1-55H. The first kappa shape index (κ1) is 57.7. The molecule has 0 radical (unpaired) electrons. The number of nitrogens with zero attached hydrogens (tertiary/aromatic N) is 5. The van der Waals surface area contributed by atoms with Crippen LogP contribution in [0.15, 0.2) is 334 Å². The van der Waals surface area contributed by atoms with Gasteiger partial charge in [0.05, 0.1) is 0 Å². The Balaban J connectivity index is 0.861. The minimum absolute atomic E-state index is 0.00839. The van der Waals surface area contributed by atoms with Gasteiger partial charge in [0.15, 0.2) is 0 Å². The molecule has 6 nitrogen and oxygen atoms in total. The number of para-hydroxylation sites is 6. The first-order chi connectivity index (χ1) is 50.1. The molecule has 470 valence electrons. The van der Waals surface area contributed by atoms with Gasteiger partial charge in [-0.2, -0.15) is 0 Å². The van der Waals surface area contributed by atoms with Crippen molar-refractivity contribution in [2.45, 2.75) is 0 Å². The molecule has 7 heterocycles. The van der Waals surface area contributed by atoms with E-state index < -0.39 is 0 Å². The SMILES string of the molecule is c1ccc(N(c2ccccc2)c2cc3c4c(c2)N(c2ccccc2)c2ccccc2B4c2cc4c(cc2O3)N(c2cccc3c2[se]c2ccccc23)c2cc(N(c3ccccc3)c3cccc5c3[se]c3ccccc35)cc3c2B4c2ccccc2N3c2cccc3c2[se]c2ccccc23)cc1. The van der Waals surface area contributed by atoms with Crippen LogP contribution in [0.25, 0.3) is 57.9 Å². The van der Waals surface area contributed by atoms with Gasteiger partial charge in [0.2, 0.25) is 0 Å². The Morgan fingerprint density at radius 1 is 0.248 bits per heavy atom. The Morgan fingerprint density at radius 2 is 0.653 bits per heavy atom. The van der Waals surface area contributed by atoms with E-state index in [1.165, 1.54) is 108 Å². The molecule has 0 N–H and O–H groups in total. The minimum atomic E-state index is -0.200. The van der Waals surface area contributed by atoms with E-state index in [0.717, 1.165) is 79.3 Å². The molecule has 11 heteroatoms. The third kappa shape index (κ3) is 8.67. The van der Waals surface area contributed by atoms with Gasteiger partial charge in [0, 0.05) is 0 Å². The Kier molecular flexibility index (Phi) is 12.9. The van der Waals surface area contributed by atoms with Crippen LogP contribution in [-0.4, -0.2) is 56.9 Å². The zero-order valence-corrected chi connectivity index (χ0v) is 59.4. The van der Waals surface area contributed by atoms with Gasteiger partial charge in [-0.15, -0.1) is 0 Å². The van der Waals surface area contributed by atoms with Gasteiger partial charge in [-0.3, -0.25) is 0 Å². The number of fused-ring (bicyclic) bond motifs is 17. The molecule has 0 unspecified atom stereocenters. The van der Waals surface area contributed by atoms with Crippen LogP contribution in [0.3, 0.4) is 0 Å². The molecule has 22 rings (SSSR count). The third-order valence-corrected chi connectivity index (χ3v) is 28.8. The van der Waals surface area contributed by atoms with Crippen LogP contribution in [-0.2, 0) is 0 Å². The van der Waals surface area contributed by atoms with E-state index in [0.29, 0.717) is 0 Å². The van der Waals surface area contributed by atoms with E-state index in [4.69, 9.17) is 4.74 Å². The average Bonchev–Trinajstić information content (AvgIpc) is 0.992. The second-order valence-corrected chi connectivity index (χ2v) is 33.2. The molecule has 0 saturated heterocycles. The van der Waals surface area contributed by atoms with Gasteiger partial charge in [0.25, 0.3) is 0 Å². The van der Waals surface area contributed by atoms with E-state index in [2.05, 4.69) is 358 Å². The zero-order valence-electron chi connectivity index (χ0n) is 54.3. The number of rotatable bonds is 9. The van der Waals surface area contributed by atoms with Crippen molar-refractivity contribution < 1.29 is 4.74 Å². The van der Waals surface area contributed by atoms with Crippen LogP contribution in [0.2, 0.25) is 0 Å². The molecule has 15 aromatic carbocycles. The average molecular weight is 1480 g/mol. The molecule has 101 heavy (non-hydrogen) atoms. The molecule has 4 aliphatic rings. The van der Waals surface area contributed by atoms with E-state index in [1.807, 2.05) is 0 Å². The number of benzene rings is 15. The zero-order chi connectivity index (χ0) is 66.0. The summed E-state index contributed by atoms with van der Waals surface area (Å²) >= 11 is 0.0973. The largest absolute Gasteiger partial charge is 0.0602 e. The van der Waals surface area contributed by atoms with Crippen molar-refractivity contribution in [3.05, 3.63) is 334 Å². The Morgan fingerprint density at radius 3 is 1.22 bits per heavy atom. The quantitative estimate of drug-likeness (QED) is 0.134. The molecule has 0 atom stereocenters. The van der Waals surface area contributed by atoms with Gasteiger partial charge >= 0.3 is 516 Å². The first-order valence-corrected chi connectivity index (χ1v) is 39.6. The third-order valence-electron chi connectivity index (χ3n) is 21.2. The fraction of sp³-hybridized carbons (Fsp3) is 0. The van der Waals surface area contributed by atoms with E-state index in [1.54, 1.807) is 0 Å². The van der Waals surface area contributed by atoms with E-state index >= 15 is 0 Å². The fourth-order valence-electron chi connectivity index (χ4n) is 17.1. The molecule has 0 fully saturated rings. The van der Waals surface area contributed by atoms with Crippen LogP contribution >= 0.6 is 0 Å². The van der Waals surface area contributed by atoms with Crippen molar-refractivity contribution in [1.29, 1.82) is 0 Å². The van der Waals surface area contributed by atoms with Crippen LogP contribution in [0.5, 0.6) is 11.5 Å². The van der Waals surface area contributed by atoms with Gasteiger partial charge in [0.1, 0.15) is 0 Å². The normalized spacial score (nSPS) is 13.1. The summed E-state index contributed by atoms with van der Waals surface area (Å²) in [5.74, 6) is 1.69. The summed E-state index contributed by atoms with van der Waals surface area (Å²) in [5.41, 5.74) is 24.3. The Bertz CT molecular complexity index is 6420. The number of hydrogen-bond acceptors (Lipinski definition) is 6. The van der Waals surface area contributed by atoms with Crippen LogP contribution in [0.4, 0.5) is 85.3 Å². The molecule has 0 bridgehead atoms. The van der Waals surface area contributed by atoms with Gasteiger partial charge < -0.3 is 0 Å². The summed E-state index contributed by atoms with van der Waals surface area (Å²) in [6, 6.07) is 125. The molecule has 0 aliphatic carbocycles. The second-order valence-electron chi connectivity index (χ2n) is 26.6. The maximum Gasteiger partial charge on any atom is -0.0380 e. The molecule has 4 aliphatic heterocycles. The number of hydrogen-bond donors (Lipinski definition) is 0. The van der Waals surface area contributed by atoms with Crippen LogP contribution < -0.4 is 62.0 Å². The van der Waals surface area contributed by atoms with Gasteiger partial charge in [-0.25, -0.2) is 0 Å². The predicted octanol–water partition coefficient (Wildman–Crippen LogP) is 19.2. The summed E-state index contributed by atoms with van der Waals surface area (Å²) in [4.78, 5) is 12.8. The topological polar surface area (TPSA) is 25.4 Å². The molecule has 18 aromatic rings. The Labute approximate surface area is 602 Å². The molecular formula is C90H55B2N5OSe3. The molecule has 0 amide bonds. The monoisotopic (exact) mass is 1480 g/mol. The van der Waals surface area contributed by atoms with Gasteiger partial charge in [-0.05, 0) is 36.4 Å². The van der Waals surface area contributed by atoms with Crippen LogP contribution in [0, 0.1) is 0 Å². The summed E-state index contributed by atoms with van der Waals surface area (Å²) < 4.78 is 16.4. The maximum atomic E-state index is 7.95. The smallest absolute Gasteiger partial charge is 0.0380 e. The molecule has 0 spiro atoms. The van der Waals surface area contributed by atoms with Crippen molar-refractivity contribution in [2.24, 2.45) is 0 Å². The van der Waals surface area contributed by atoms with Crippen molar-refractivity contribution in [3.63, 3.8) is 0 Å². The number of ether oxygens (including phenoxy) is 1. The summed E-state index contributed by atoms with van der Waals surface area (Å²) in [5, 5.41) is 7.95. The first-order valence-electron chi connectivity index (χ1n) is 34.4. The van der Waals surface area contributed by atoms with Crippen molar-refractivity contribution in [3.8, 4) is 11.5 Å². The Hall–Kier alpha value is -11.2. The van der Waals surface area contributed by atoms with E-state index in [-0.39, 0.29) is 56.9 Å². The summed E-state index contributed by atoms with van der Waals surface area (Å²) in [6.07, 6.45) is 0. The van der Waals surface area contributed by atoms with Crippen molar-refractivity contribution >= 4 is 233 Å². The summed E-state index contributed by atoms with van der Waals surface area (Å²) in [7, 11) is 0. The summed E-state index contributed by atoms with van der Waals surface area (Å²) in [6.45, 7) is -0.392. The van der Waals surface area contributed by atoms with E-state index in [9.17, 15) is 0 Å². The number of anilines is 15. The second kappa shape index (κ2) is 22.7.